The quantitative estimate of drug-likeness (QED) is 0.493. The number of hydrogen-bond acceptors (Lipinski definition) is 3. The van der Waals surface area contributed by atoms with Crippen LogP contribution in [0.1, 0.15) is 20.7 Å². The minimum absolute atomic E-state index is 0.160. The molecule has 0 atom stereocenters. The molecule has 0 spiro atoms. The topological polar surface area (TPSA) is 74.3 Å². The van der Waals surface area contributed by atoms with Crippen LogP contribution in [0.15, 0.2) is 54.7 Å². The summed E-state index contributed by atoms with van der Waals surface area (Å²) < 4.78 is 20.8. The molecule has 0 radical (unpaired) electrons. The van der Waals surface area contributed by atoms with E-state index in [-0.39, 0.29) is 29.5 Å². The highest BCUT2D eigenvalue weighted by atomic mass is 35.5. The third-order valence-corrected chi connectivity index (χ3v) is 5.01. The molecular weight excluding hydrogens is 395 g/mol. The van der Waals surface area contributed by atoms with Gasteiger partial charge in [-0.2, -0.15) is 0 Å². The summed E-state index contributed by atoms with van der Waals surface area (Å²) in [6.07, 6.45) is 1.63. The molecule has 0 unspecified atom stereocenters. The molecule has 1 amide bonds. The van der Waals surface area contributed by atoms with E-state index in [0.29, 0.717) is 21.5 Å². The standard InChI is InChI=1S/C22H16ClFN2O3/c1-26-10-18(16-5-4-15(24)9-19(16)26)20(27)11-29-21-8-12-2-3-14(23)6-13(12)7-17(21)22(25)28/h2-10H,11H2,1H3,(H2,25,28). The monoisotopic (exact) mass is 410 g/mol. The summed E-state index contributed by atoms with van der Waals surface area (Å²) >= 11 is 6.00. The van der Waals surface area contributed by atoms with Gasteiger partial charge in [-0.05, 0) is 53.2 Å². The number of primary amides is 1. The minimum atomic E-state index is -0.671. The molecule has 2 N–H and O–H groups in total. The molecule has 0 fully saturated rings. The van der Waals surface area contributed by atoms with Gasteiger partial charge in [0, 0.05) is 29.2 Å². The van der Waals surface area contributed by atoms with Gasteiger partial charge in [0.1, 0.15) is 11.6 Å². The maximum absolute atomic E-state index is 13.5. The van der Waals surface area contributed by atoms with Crippen molar-refractivity contribution < 1.29 is 18.7 Å². The number of aryl methyl sites for hydroxylation is 1. The Kier molecular flexibility index (Phi) is 4.72. The van der Waals surface area contributed by atoms with E-state index in [9.17, 15) is 14.0 Å². The number of hydrogen-bond donors (Lipinski definition) is 1. The Morgan fingerprint density at radius 3 is 2.62 bits per heavy atom. The first kappa shape index (κ1) is 19.0. The number of fused-ring (bicyclic) bond motifs is 2. The Balaban J connectivity index is 1.66. The zero-order valence-corrected chi connectivity index (χ0v) is 16.2. The Morgan fingerprint density at radius 1 is 1.07 bits per heavy atom. The molecule has 0 saturated heterocycles. The van der Waals surface area contributed by atoms with E-state index < -0.39 is 5.91 Å². The number of ketones is 1. The fourth-order valence-electron chi connectivity index (χ4n) is 3.36. The summed E-state index contributed by atoms with van der Waals surface area (Å²) in [5.74, 6) is -1.13. The Bertz CT molecular complexity index is 1300. The van der Waals surface area contributed by atoms with Gasteiger partial charge in [0.25, 0.3) is 5.91 Å². The van der Waals surface area contributed by atoms with Crippen molar-refractivity contribution in [2.24, 2.45) is 12.8 Å². The van der Waals surface area contributed by atoms with E-state index in [1.54, 1.807) is 54.2 Å². The van der Waals surface area contributed by atoms with Crippen molar-refractivity contribution >= 4 is 45.0 Å². The molecule has 0 saturated carbocycles. The van der Waals surface area contributed by atoms with Crippen LogP contribution in [0, 0.1) is 5.82 Å². The van der Waals surface area contributed by atoms with E-state index in [2.05, 4.69) is 0 Å². The molecule has 5 nitrogen and oxygen atoms in total. The van der Waals surface area contributed by atoms with Crippen LogP contribution in [0.4, 0.5) is 4.39 Å². The van der Waals surface area contributed by atoms with E-state index in [0.717, 1.165) is 10.8 Å². The van der Waals surface area contributed by atoms with Crippen molar-refractivity contribution in [3.63, 3.8) is 0 Å². The van der Waals surface area contributed by atoms with Crippen molar-refractivity contribution in [2.45, 2.75) is 0 Å². The second kappa shape index (κ2) is 7.22. The molecular formula is C22H16ClFN2O3. The van der Waals surface area contributed by atoms with Crippen molar-refractivity contribution in [2.75, 3.05) is 6.61 Å². The number of nitrogens with zero attached hydrogens (tertiary/aromatic N) is 1. The molecule has 0 bridgehead atoms. The van der Waals surface area contributed by atoms with Gasteiger partial charge < -0.3 is 15.0 Å². The molecule has 29 heavy (non-hydrogen) atoms. The number of halogens is 2. The van der Waals surface area contributed by atoms with Gasteiger partial charge in [-0.25, -0.2) is 4.39 Å². The van der Waals surface area contributed by atoms with E-state index in [1.165, 1.54) is 12.1 Å². The molecule has 0 aliphatic carbocycles. The second-order valence-corrected chi connectivity index (χ2v) is 7.17. The zero-order valence-electron chi connectivity index (χ0n) is 15.4. The average Bonchev–Trinajstić information content (AvgIpc) is 3.01. The number of Topliss-reactive ketones (excluding diaryl/α,β-unsaturated/α-hetero) is 1. The largest absolute Gasteiger partial charge is 0.485 e. The van der Waals surface area contributed by atoms with E-state index in [1.807, 2.05) is 0 Å². The number of rotatable bonds is 5. The smallest absolute Gasteiger partial charge is 0.252 e. The van der Waals surface area contributed by atoms with E-state index >= 15 is 0 Å². The zero-order chi connectivity index (χ0) is 20.7. The number of aromatic nitrogens is 1. The maximum Gasteiger partial charge on any atom is 0.252 e. The Labute approximate surface area is 170 Å². The summed E-state index contributed by atoms with van der Waals surface area (Å²) in [4.78, 5) is 24.6. The normalized spacial score (nSPS) is 11.1. The Morgan fingerprint density at radius 2 is 1.86 bits per heavy atom. The summed E-state index contributed by atoms with van der Waals surface area (Å²) in [5.41, 5.74) is 6.66. The van der Waals surface area contributed by atoms with Crippen molar-refractivity contribution in [1.82, 2.24) is 4.57 Å². The molecule has 146 valence electrons. The summed E-state index contributed by atoms with van der Waals surface area (Å²) in [6, 6.07) is 12.7. The van der Waals surface area contributed by atoms with Gasteiger partial charge >= 0.3 is 0 Å². The van der Waals surface area contributed by atoms with Crippen LogP contribution in [0.5, 0.6) is 5.75 Å². The molecule has 0 aliphatic rings. The third kappa shape index (κ3) is 3.54. The lowest BCUT2D eigenvalue weighted by molar-refractivity contribution is 0.0913. The predicted molar refractivity (Wildman–Crippen MR) is 110 cm³/mol. The van der Waals surface area contributed by atoms with Crippen molar-refractivity contribution in [3.05, 3.63) is 76.7 Å². The van der Waals surface area contributed by atoms with Crippen molar-refractivity contribution in [1.29, 1.82) is 0 Å². The van der Waals surface area contributed by atoms with Crippen LogP contribution in [0.2, 0.25) is 5.02 Å². The van der Waals surface area contributed by atoms with Gasteiger partial charge in [-0.3, -0.25) is 9.59 Å². The highest BCUT2D eigenvalue weighted by Gasteiger charge is 2.17. The number of ether oxygens (including phenoxy) is 1. The molecule has 7 heteroatoms. The number of carbonyl (C=O) groups excluding carboxylic acids is 2. The highest BCUT2D eigenvalue weighted by molar-refractivity contribution is 6.31. The minimum Gasteiger partial charge on any atom is -0.485 e. The van der Waals surface area contributed by atoms with Crippen molar-refractivity contribution in [3.8, 4) is 5.75 Å². The van der Waals surface area contributed by atoms with Gasteiger partial charge in [0.2, 0.25) is 5.78 Å². The molecule has 4 rings (SSSR count). The average molecular weight is 411 g/mol. The SMILES string of the molecule is Cn1cc(C(=O)COc2cc3ccc(Cl)cc3cc2C(N)=O)c2ccc(F)cc21. The van der Waals surface area contributed by atoms with Crippen LogP contribution in [-0.2, 0) is 7.05 Å². The molecule has 4 aromatic rings. The first-order valence-corrected chi connectivity index (χ1v) is 9.15. The van der Waals surface area contributed by atoms with Gasteiger partial charge in [0.05, 0.1) is 11.1 Å². The van der Waals surface area contributed by atoms with Crippen LogP contribution < -0.4 is 10.5 Å². The fourth-order valence-corrected chi connectivity index (χ4v) is 3.54. The first-order valence-electron chi connectivity index (χ1n) is 8.77. The van der Waals surface area contributed by atoms with Gasteiger partial charge in [-0.15, -0.1) is 0 Å². The van der Waals surface area contributed by atoms with Crippen LogP contribution in [-0.4, -0.2) is 22.9 Å². The summed E-state index contributed by atoms with van der Waals surface area (Å²) in [7, 11) is 1.74. The summed E-state index contributed by atoms with van der Waals surface area (Å²) in [5, 5.41) is 2.69. The number of amides is 1. The number of carbonyl (C=O) groups is 2. The van der Waals surface area contributed by atoms with E-state index in [4.69, 9.17) is 22.1 Å². The maximum atomic E-state index is 13.5. The molecule has 3 aromatic carbocycles. The first-order chi connectivity index (χ1) is 13.8. The molecule has 1 aromatic heterocycles. The number of benzene rings is 3. The third-order valence-electron chi connectivity index (χ3n) is 4.78. The number of nitrogens with two attached hydrogens (primary N) is 1. The van der Waals surface area contributed by atoms with Crippen LogP contribution in [0.3, 0.4) is 0 Å². The lowest BCUT2D eigenvalue weighted by Crippen LogP contribution is -2.16. The van der Waals surface area contributed by atoms with Crippen LogP contribution in [0.25, 0.3) is 21.7 Å². The van der Waals surface area contributed by atoms with Crippen LogP contribution >= 0.6 is 11.6 Å². The lowest BCUT2D eigenvalue weighted by Gasteiger charge is -2.11. The molecule has 0 aliphatic heterocycles. The predicted octanol–water partition coefficient (Wildman–Crippen LogP) is 4.48. The second-order valence-electron chi connectivity index (χ2n) is 6.73. The summed E-state index contributed by atoms with van der Waals surface area (Å²) in [6.45, 7) is -0.296. The lowest BCUT2D eigenvalue weighted by atomic mass is 10.1. The van der Waals surface area contributed by atoms with Gasteiger partial charge in [0.15, 0.2) is 6.61 Å². The molecule has 1 heterocycles. The van der Waals surface area contributed by atoms with Gasteiger partial charge in [-0.1, -0.05) is 17.7 Å². The fraction of sp³-hybridized carbons (Fsp3) is 0.0909. The highest BCUT2D eigenvalue weighted by Crippen LogP contribution is 2.29. The Hall–Kier alpha value is -3.38.